The van der Waals surface area contributed by atoms with Crippen molar-refractivity contribution in [2.24, 2.45) is 0 Å². The van der Waals surface area contributed by atoms with Gasteiger partial charge in [0.25, 0.3) is 0 Å². The maximum Gasteiger partial charge on any atom is 0.246 e. The molecule has 1 aromatic heterocycles. The minimum atomic E-state index is -0.143. The molecule has 0 spiro atoms. The van der Waals surface area contributed by atoms with Crippen LogP contribution >= 0.6 is 0 Å². The molecule has 0 bridgehead atoms. The number of imidazole rings is 1. The molecule has 0 fully saturated rings. The fraction of sp³-hybridized carbons (Fsp3) is 0.565. The summed E-state index contributed by atoms with van der Waals surface area (Å²) in [5.41, 5.74) is 2.66. The second kappa shape index (κ2) is 10.9. The first-order chi connectivity index (χ1) is 13.0. The van der Waals surface area contributed by atoms with Crippen LogP contribution in [-0.2, 0) is 11.3 Å². The van der Waals surface area contributed by atoms with Gasteiger partial charge in [0.05, 0.1) is 17.1 Å². The maximum absolute atomic E-state index is 12.0. The first-order valence-corrected chi connectivity index (χ1v) is 10.5. The molecular weight excluding hydrogens is 334 g/mol. The molecule has 1 atom stereocenters. The van der Waals surface area contributed by atoms with E-state index in [9.17, 15) is 4.79 Å². The van der Waals surface area contributed by atoms with E-state index >= 15 is 0 Å². The number of nitrogens with zero attached hydrogens (tertiary/aromatic N) is 2. The lowest BCUT2D eigenvalue weighted by Gasteiger charge is -2.16. The highest BCUT2D eigenvalue weighted by Crippen LogP contribution is 2.22. The fourth-order valence-electron chi connectivity index (χ4n) is 3.45. The van der Waals surface area contributed by atoms with E-state index in [1.165, 1.54) is 44.9 Å². The van der Waals surface area contributed by atoms with Gasteiger partial charge in [-0.3, -0.25) is 4.79 Å². The Morgan fingerprint density at radius 1 is 1.11 bits per heavy atom. The van der Waals surface area contributed by atoms with Gasteiger partial charge in [0.2, 0.25) is 5.91 Å². The van der Waals surface area contributed by atoms with E-state index < -0.39 is 0 Å². The number of rotatable bonds is 12. The van der Waals surface area contributed by atoms with Crippen LogP contribution in [0.1, 0.15) is 84.0 Å². The summed E-state index contributed by atoms with van der Waals surface area (Å²) in [5, 5.41) is 3.01. The van der Waals surface area contributed by atoms with Crippen molar-refractivity contribution < 1.29 is 4.79 Å². The molecule has 148 valence electrons. The van der Waals surface area contributed by atoms with E-state index in [2.05, 4.69) is 35.5 Å². The third kappa shape index (κ3) is 6.23. The third-order valence-corrected chi connectivity index (χ3v) is 5.04. The minimum absolute atomic E-state index is 0.117. The SMILES string of the molecule is C=C(C)C(=O)NC(C)c1nc2ccccc2n1CCCCCCCCCC. The van der Waals surface area contributed by atoms with E-state index in [1.807, 2.05) is 19.1 Å². The van der Waals surface area contributed by atoms with Gasteiger partial charge in [0.15, 0.2) is 0 Å². The van der Waals surface area contributed by atoms with Crippen molar-refractivity contribution in [3.63, 3.8) is 0 Å². The van der Waals surface area contributed by atoms with Crippen molar-refractivity contribution in [3.05, 3.63) is 42.2 Å². The maximum atomic E-state index is 12.0. The van der Waals surface area contributed by atoms with Crippen molar-refractivity contribution in [3.8, 4) is 0 Å². The predicted molar refractivity (Wildman–Crippen MR) is 114 cm³/mol. The molecule has 4 nitrogen and oxygen atoms in total. The van der Waals surface area contributed by atoms with Gasteiger partial charge in [-0.05, 0) is 32.4 Å². The lowest BCUT2D eigenvalue weighted by Crippen LogP contribution is -2.29. The lowest BCUT2D eigenvalue weighted by molar-refractivity contribution is -0.118. The van der Waals surface area contributed by atoms with Gasteiger partial charge in [-0.25, -0.2) is 4.98 Å². The van der Waals surface area contributed by atoms with Gasteiger partial charge in [-0.1, -0.05) is 70.6 Å². The van der Waals surface area contributed by atoms with E-state index in [1.54, 1.807) is 6.92 Å². The third-order valence-electron chi connectivity index (χ3n) is 5.04. The Kier molecular flexibility index (Phi) is 8.56. The number of fused-ring (bicyclic) bond motifs is 1. The molecule has 1 aromatic carbocycles. The highest BCUT2D eigenvalue weighted by molar-refractivity contribution is 5.92. The zero-order valence-corrected chi connectivity index (χ0v) is 17.3. The number of unbranched alkanes of at least 4 members (excludes halogenated alkanes) is 7. The van der Waals surface area contributed by atoms with E-state index in [-0.39, 0.29) is 11.9 Å². The standard InChI is InChI=1S/C23H35N3O/c1-5-6-7-8-9-10-11-14-17-26-21-16-13-12-15-20(21)25-22(26)19(4)24-23(27)18(2)3/h12-13,15-16,19H,2,5-11,14,17H2,1,3-4H3,(H,24,27). The molecule has 0 aliphatic carbocycles. The number of hydrogen-bond donors (Lipinski definition) is 1. The molecule has 0 aliphatic rings. The van der Waals surface area contributed by atoms with Crippen LogP contribution < -0.4 is 5.32 Å². The van der Waals surface area contributed by atoms with Crippen LogP contribution in [0.15, 0.2) is 36.4 Å². The monoisotopic (exact) mass is 369 g/mol. The number of amides is 1. The van der Waals surface area contributed by atoms with Gasteiger partial charge in [0.1, 0.15) is 5.82 Å². The molecule has 0 radical (unpaired) electrons. The highest BCUT2D eigenvalue weighted by atomic mass is 16.1. The van der Waals surface area contributed by atoms with Crippen molar-refractivity contribution in [1.29, 1.82) is 0 Å². The number of hydrogen-bond acceptors (Lipinski definition) is 2. The largest absolute Gasteiger partial charge is 0.343 e. The Morgan fingerprint density at radius 2 is 1.74 bits per heavy atom. The van der Waals surface area contributed by atoms with E-state index in [0.717, 1.165) is 29.8 Å². The van der Waals surface area contributed by atoms with Crippen molar-refractivity contribution in [2.45, 2.75) is 84.7 Å². The number of para-hydroxylation sites is 2. The van der Waals surface area contributed by atoms with Gasteiger partial charge < -0.3 is 9.88 Å². The first-order valence-electron chi connectivity index (χ1n) is 10.5. The Balaban J connectivity index is 1.99. The predicted octanol–water partition coefficient (Wildman–Crippen LogP) is 5.93. The van der Waals surface area contributed by atoms with Crippen LogP contribution in [0.25, 0.3) is 11.0 Å². The number of carbonyl (C=O) groups is 1. The second-order valence-corrected chi connectivity index (χ2v) is 7.56. The van der Waals surface area contributed by atoms with Crippen LogP contribution in [0.2, 0.25) is 0 Å². The summed E-state index contributed by atoms with van der Waals surface area (Å²) in [6.07, 6.45) is 10.4. The van der Waals surface area contributed by atoms with Crippen LogP contribution in [0.5, 0.6) is 0 Å². The van der Waals surface area contributed by atoms with Crippen LogP contribution in [-0.4, -0.2) is 15.5 Å². The first kappa shape index (κ1) is 21.2. The van der Waals surface area contributed by atoms with Crippen molar-refractivity contribution in [2.75, 3.05) is 0 Å². The van der Waals surface area contributed by atoms with Gasteiger partial charge >= 0.3 is 0 Å². The summed E-state index contributed by atoms with van der Waals surface area (Å²) in [6, 6.07) is 8.07. The second-order valence-electron chi connectivity index (χ2n) is 7.56. The number of benzene rings is 1. The van der Waals surface area contributed by atoms with Gasteiger partial charge in [-0.15, -0.1) is 0 Å². The zero-order chi connectivity index (χ0) is 19.6. The number of aromatic nitrogens is 2. The summed E-state index contributed by atoms with van der Waals surface area (Å²) < 4.78 is 2.27. The summed E-state index contributed by atoms with van der Waals surface area (Å²) in [7, 11) is 0. The summed E-state index contributed by atoms with van der Waals surface area (Å²) in [4.78, 5) is 16.8. The fourth-order valence-corrected chi connectivity index (χ4v) is 3.45. The van der Waals surface area contributed by atoms with Crippen molar-refractivity contribution in [1.82, 2.24) is 14.9 Å². The molecule has 1 unspecified atom stereocenters. The topological polar surface area (TPSA) is 46.9 Å². The Hall–Kier alpha value is -2.10. The quantitative estimate of drug-likeness (QED) is 0.372. The number of carbonyl (C=O) groups excluding carboxylic acids is 1. The Labute approximate surface area is 164 Å². The molecule has 0 aliphatic heterocycles. The Bertz CT molecular complexity index is 747. The average Bonchev–Trinajstić information content (AvgIpc) is 3.02. The molecule has 2 aromatic rings. The van der Waals surface area contributed by atoms with Crippen LogP contribution in [0.3, 0.4) is 0 Å². The molecule has 2 rings (SSSR count). The van der Waals surface area contributed by atoms with E-state index in [4.69, 9.17) is 4.98 Å². The minimum Gasteiger partial charge on any atom is -0.343 e. The smallest absolute Gasteiger partial charge is 0.246 e. The summed E-state index contributed by atoms with van der Waals surface area (Å²) in [5.74, 6) is 0.807. The summed E-state index contributed by atoms with van der Waals surface area (Å²) in [6.45, 7) is 10.6. The molecule has 4 heteroatoms. The van der Waals surface area contributed by atoms with Gasteiger partial charge in [0, 0.05) is 12.1 Å². The lowest BCUT2D eigenvalue weighted by atomic mass is 10.1. The Morgan fingerprint density at radius 3 is 2.41 bits per heavy atom. The van der Waals surface area contributed by atoms with Crippen LogP contribution in [0, 0.1) is 0 Å². The van der Waals surface area contributed by atoms with Crippen molar-refractivity contribution >= 4 is 16.9 Å². The molecule has 27 heavy (non-hydrogen) atoms. The van der Waals surface area contributed by atoms with Crippen LogP contribution in [0.4, 0.5) is 0 Å². The molecule has 1 heterocycles. The normalized spacial score (nSPS) is 12.3. The highest BCUT2D eigenvalue weighted by Gasteiger charge is 2.18. The summed E-state index contributed by atoms with van der Waals surface area (Å²) >= 11 is 0. The number of aryl methyl sites for hydroxylation is 1. The zero-order valence-electron chi connectivity index (χ0n) is 17.3. The number of nitrogens with one attached hydrogen (secondary N) is 1. The molecule has 1 N–H and O–H groups in total. The van der Waals surface area contributed by atoms with E-state index in [0.29, 0.717) is 5.57 Å². The average molecular weight is 370 g/mol. The molecule has 0 saturated heterocycles. The molecule has 0 saturated carbocycles. The molecule has 1 amide bonds. The molecular formula is C23H35N3O. The van der Waals surface area contributed by atoms with Gasteiger partial charge in [-0.2, -0.15) is 0 Å².